The van der Waals surface area contributed by atoms with Crippen molar-refractivity contribution in [2.75, 3.05) is 6.54 Å². The molecule has 1 aliphatic heterocycles. The van der Waals surface area contributed by atoms with Gasteiger partial charge in [-0.1, -0.05) is 22.8 Å². The van der Waals surface area contributed by atoms with E-state index in [9.17, 15) is 18.7 Å². The second-order valence-corrected chi connectivity index (χ2v) is 7.70. The molecule has 7 nitrogen and oxygen atoms in total. The Labute approximate surface area is 181 Å². The number of rotatable bonds is 5. The van der Waals surface area contributed by atoms with E-state index in [1.165, 1.54) is 29.2 Å². The van der Waals surface area contributed by atoms with Gasteiger partial charge in [-0.3, -0.25) is 4.79 Å². The zero-order chi connectivity index (χ0) is 22.2. The van der Waals surface area contributed by atoms with Crippen LogP contribution < -0.4 is 4.74 Å². The van der Waals surface area contributed by atoms with Crippen LogP contribution in [0.3, 0.4) is 0 Å². The second-order valence-electron chi connectivity index (χ2n) is 7.26. The molecule has 1 amide bonds. The van der Waals surface area contributed by atoms with Crippen molar-refractivity contribution in [1.82, 2.24) is 15.0 Å². The molecule has 0 aliphatic carbocycles. The molecule has 2 heterocycles. The minimum Gasteiger partial charge on any atom is -0.433 e. The van der Waals surface area contributed by atoms with Crippen molar-refractivity contribution in [3.63, 3.8) is 0 Å². The van der Waals surface area contributed by atoms with Crippen LogP contribution in [0.25, 0.3) is 11.4 Å². The standard InChI is InChI=1S/C21H18ClF2N3O4/c1-21(23,24)30-16-7-5-12(6-8-16)18-25-19(31-26-18)17-10-15(28)11-27(17)20(29)13-3-2-4-14(22)9-13/h2-9,15,17,28H,10-11H2,1H3/t15-,17+/m1/s1. The molecule has 0 unspecified atom stereocenters. The molecule has 0 bridgehead atoms. The number of halogens is 3. The average Bonchev–Trinajstić information content (AvgIpc) is 3.33. The number of aliphatic hydroxyl groups is 1. The van der Waals surface area contributed by atoms with Crippen molar-refractivity contribution in [2.45, 2.75) is 31.6 Å². The van der Waals surface area contributed by atoms with Crippen LogP contribution >= 0.6 is 11.6 Å². The van der Waals surface area contributed by atoms with Gasteiger partial charge in [-0.25, -0.2) is 0 Å². The summed E-state index contributed by atoms with van der Waals surface area (Å²) < 4.78 is 35.8. The third kappa shape index (κ3) is 4.83. The Morgan fingerprint density at radius 2 is 2.03 bits per heavy atom. The predicted octanol–water partition coefficient (Wildman–Crippen LogP) is 4.33. The normalized spacial score (nSPS) is 18.9. The molecule has 4 rings (SSSR count). The summed E-state index contributed by atoms with van der Waals surface area (Å²) in [5.74, 6) is 0.0756. The second kappa shape index (κ2) is 8.24. The lowest BCUT2D eigenvalue weighted by molar-refractivity contribution is -0.158. The van der Waals surface area contributed by atoms with Gasteiger partial charge in [0.25, 0.3) is 5.91 Å². The molecule has 162 valence electrons. The van der Waals surface area contributed by atoms with Crippen LogP contribution in [0.1, 0.15) is 35.6 Å². The van der Waals surface area contributed by atoms with Crippen LogP contribution in [-0.4, -0.2) is 44.8 Å². The van der Waals surface area contributed by atoms with Crippen LogP contribution in [0.4, 0.5) is 8.78 Å². The maximum Gasteiger partial charge on any atom is 0.394 e. The molecule has 1 aliphatic rings. The van der Waals surface area contributed by atoms with E-state index in [-0.39, 0.29) is 36.3 Å². The Morgan fingerprint density at radius 3 is 2.71 bits per heavy atom. The fraction of sp³-hybridized carbons (Fsp3) is 0.286. The van der Waals surface area contributed by atoms with Crippen LogP contribution in [0, 0.1) is 0 Å². The Kier molecular flexibility index (Phi) is 5.63. The number of β-amino-alcohol motifs (C(OH)–C–C–N with tert-alkyl or cyclic N) is 1. The van der Waals surface area contributed by atoms with E-state index in [2.05, 4.69) is 14.9 Å². The van der Waals surface area contributed by atoms with Crippen LogP contribution in [0.15, 0.2) is 53.1 Å². The van der Waals surface area contributed by atoms with E-state index in [1.54, 1.807) is 24.3 Å². The van der Waals surface area contributed by atoms with Crippen molar-refractivity contribution >= 4 is 17.5 Å². The topological polar surface area (TPSA) is 88.7 Å². The van der Waals surface area contributed by atoms with Gasteiger partial charge in [0.2, 0.25) is 11.7 Å². The molecular weight excluding hydrogens is 432 g/mol. The van der Waals surface area contributed by atoms with Gasteiger partial charge in [0.1, 0.15) is 11.8 Å². The molecule has 31 heavy (non-hydrogen) atoms. The van der Waals surface area contributed by atoms with Crippen LogP contribution in [-0.2, 0) is 0 Å². The highest BCUT2D eigenvalue weighted by molar-refractivity contribution is 6.30. The van der Waals surface area contributed by atoms with Crippen molar-refractivity contribution in [3.05, 3.63) is 65.0 Å². The summed E-state index contributed by atoms with van der Waals surface area (Å²) in [6.45, 7) is 0.768. The minimum atomic E-state index is -3.29. The van der Waals surface area contributed by atoms with Crippen molar-refractivity contribution in [2.24, 2.45) is 0 Å². The Bertz CT molecular complexity index is 1080. The quantitative estimate of drug-likeness (QED) is 0.623. The van der Waals surface area contributed by atoms with E-state index < -0.39 is 18.3 Å². The molecule has 1 aromatic heterocycles. The zero-order valence-corrected chi connectivity index (χ0v) is 17.1. The number of likely N-dealkylation sites (tertiary alicyclic amines) is 1. The first kappa shape index (κ1) is 21.2. The van der Waals surface area contributed by atoms with Gasteiger partial charge >= 0.3 is 6.11 Å². The number of alkyl halides is 2. The zero-order valence-electron chi connectivity index (χ0n) is 16.3. The SMILES string of the molecule is CC(F)(F)Oc1ccc(-c2noc([C@@H]3C[C@@H](O)CN3C(=O)c3cccc(Cl)c3)n2)cc1. The third-order valence-electron chi connectivity index (χ3n) is 4.75. The lowest BCUT2D eigenvalue weighted by Crippen LogP contribution is -2.31. The highest BCUT2D eigenvalue weighted by Gasteiger charge is 2.39. The summed E-state index contributed by atoms with van der Waals surface area (Å²) in [5.41, 5.74) is 0.905. The summed E-state index contributed by atoms with van der Waals surface area (Å²) >= 11 is 5.98. The summed E-state index contributed by atoms with van der Waals surface area (Å²) in [5, 5.41) is 14.5. The van der Waals surface area contributed by atoms with E-state index in [1.807, 2.05) is 0 Å². The van der Waals surface area contributed by atoms with Gasteiger partial charge in [-0.2, -0.15) is 13.8 Å². The van der Waals surface area contributed by atoms with Crippen LogP contribution in [0.2, 0.25) is 5.02 Å². The summed E-state index contributed by atoms with van der Waals surface area (Å²) in [7, 11) is 0. The maximum atomic E-state index is 13.0. The van der Waals surface area contributed by atoms with Crippen molar-refractivity contribution < 1.29 is 27.9 Å². The Balaban J connectivity index is 1.55. The smallest absolute Gasteiger partial charge is 0.394 e. The lowest BCUT2D eigenvalue weighted by atomic mass is 10.1. The fourth-order valence-corrected chi connectivity index (χ4v) is 3.62. The molecule has 10 heteroatoms. The predicted molar refractivity (Wildman–Crippen MR) is 107 cm³/mol. The molecule has 1 N–H and O–H groups in total. The fourth-order valence-electron chi connectivity index (χ4n) is 3.43. The van der Waals surface area contributed by atoms with Gasteiger partial charge < -0.3 is 19.3 Å². The number of amides is 1. The molecule has 1 saturated heterocycles. The molecule has 0 radical (unpaired) electrons. The van der Waals surface area contributed by atoms with E-state index in [0.717, 1.165) is 0 Å². The Hall–Kier alpha value is -3.04. The third-order valence-corrected chi connectivity index (χ3v) is 4.98. The van der Waals surface area contributed by atoms with Gasteiger partial charge in [-0.05, 0) is 42.5 Å². The summed E-state index contributed by atoms with van der Waals surface area (Å²) in [4.78, 5) is 18.8. The maximum absolute atomic E-state index is 13.0. The minimum absolute atomic E-state index is 0.00261. The lowest BCUT2D eigenvalue weighted by Gasteiger charge is -2.21. The molecule has 3 aromatic rings. The number of aromatic nitrogens is 2. The number of benzene rings is 2. The first-order chi connectivity index (χ1) is 14.7. The Morgan fingerprint density at radius 1 is 1.29 bits per heavy atom. The molecule has 2 atom stereocenters. The molecule has 0 spiro atoms. The highest BCUT2D eigenvalue weighted by Crippen LogP contribution is 2.34. The van der Waals surface area contributed by atoms with Crippen LogP contribution in [0.5, 0.6) is 5.75 Å². The average molecular weight is 450 g/mol. The number of aliphatic hydroxyl groups excluding tert-OH is 1. The van der Waals surface area contributed by atoms with Gasteiger partial charge in [0, 0.05) is 36.0 Å². The number of hydrogen-bond acceptors (Lipinski definition) is 6. The molecular formula is C21H18ClF2N3O4. The molecule has 2 aromatic carbocycles. The molecule has 0 saturated carbocycles. The van der Waals surface area contributed by atoms with E-state index in [4.69, 9.17) is 16.1 Å². The van der Waals surface area contributed by atoms with Gasteiger partial charge in [0.05, 0.1) is 6.10 Å². The number of hydrogen-bond donors (Lipinski definition) is 1. The summed E-state index contributed by atoms with van der Waals surface area (Å²) in [6, 6.07) is 11.7. The largest absolute Gasteiger partial charge is 0.433 e. The number of nitrogens with zero attached hydrogens (tertiary/aromatic N) is 3. The van der Waals surface area contributed by atoms with E-state index in [0.29, 0.717) is 23.1 Å². The number of carbonyl (C=O) groups is 1. The van der Waals surface area contributed by atoms with Crippen molar-refractivity contribution in [1.29, 1.82) is 0 Å². The highest BCUT2D eigenvalue weighted by atomic mass is 35.5. The first-order valence-corrected chi connectivity index (χ1v) is 9.83. The van der Waals surface area contributed by atoms with Gasteiger partial charge in [0.15, 0.2) is 0 Å². The van der Waals surface area contributed by atoms with Crippen molar-refractivity contribution in [3.8, 4) is 17.1 Å². The first-order valence-electron chi connectivity index (χ1n) is 9.45. The van der Waals surface area contributed by atoms with Gasteiger partial charge in [-0.15, -0.1) is 0 Å². The molecule has 1 fully saturated rings. The monoisotopic (exact) mass is 449 g/mol. The number of ether oxygens (including phenoxy) is 1. The van der Waals surface area contributed by atoms with E-state index >= 15 is 0 Å². The number of carbonyl (C=O) groups excluding carboxylic acids is 1. The summed E-state index contributed by atoms with van der Waals surface area (Å²) in [6.07, 6.45) is -3.79.